The van der Waals surface area contributed by atoms with Crippen molar-refractivity contribution in [2.24, 2.45) is 5.84 Å². The Morgan fingerprint density at radius 2 is 2.15 bits per heavy atom. The van der Waals surface area contributed by atoms with Gasteiger partial charge < -0.3 is 0 Å². The summed E-state index contributed by atoms with van der Waals surface area (Å²) >= 11 is 1.62. The molecule has 102 valence electrons. The monoisotopic (exact) mass is 287 g/mol. The fourth-order valence-electron chi connectivity index (χ4n) is 2.18. The molecule has 20 heavy (non-hydrogen) atoms. The quantitative estimate of drug-likeness (QED) is 0.572. The molecule has 3 N–H and O–H groups in total. The molecule has 0 saturated carbocycles. The Kier molecular flexibility index (Phi) is 3.73. The van der Waals surface area contributed by atoms with Gasteiger partial charge in [0.15, 0.2) is 0 Å². The zero-order valence-corrected chi connectivity index (χ0v) is 11.5. The van der Waals surface area contributed by atoms with Crippen molar-refractivity contribution in [1.82, 2.24) is 10.4 Å². The van der Waals surface area contributed by atoms with Crippen molar-refractivity contribution in [1.29, 1.82) is 0 Å². The van der Waals surface area contributed by atoms with Gasteiger partial charge in [-0.05, 0) is 41.8 Å². The number of hydrogen-bond acceptors (Lipinski definition) is 4. The number of nitrogens with one attached hydrogen (secondary N) is 1. The van der Waals surface area contributed by atoms with Crippen LogP contribution in [0.15, 0.2) is 48.7 Å². The van der Waals surface area contributed by atoms with E-state index in [0.717, 1.165) is 20.7 Å². The third-order valence-electron chi connectivity index (χ3n) is 3.18. The van der Waals surface area contributed by atoms with Crippen LogP contribution in [0, 0.1) is 5.82 Å². The van der Waals surface area contributed by atoms with E-state index < -0.39 is 0 Å². The second-order valence-corrected chi connectivity index (χ2v) is 5.69. The molecule has 3 nitrogen and oxygen atoms in total. The minimum Gasteiger partial charge on any atom is -0.271 e. The maximum absolute atomic E-state index is 13.2. The molecule has 3 aromatic rings. The highest BCUT2D eigenvalue weighted by Crippen LogP contribution is 2.31. The predicted octanol–water partition coefficient (Wildman–Crippen LogP) is 3.18. The maximum Gasteiger partial charge on any atom is 0.123 e. The average molecular weight is 287 g/mol. The molecule has 0 aliphatic rings. The van der Waals surface area contributed by atoms with E-state index >= 15 is 0 Å². The van der Waals surface area contributed by atoms with Gasteiger partial charge in [0.05, 0.1) is 6.04 Å². The molecular weight excluding hydrogens is 273 g/mol. The summed E-state index contributed by atoms with van der Waals surface area (Å²) in [7, 11) is 0. The summed E-state index contributed by atoms with van der Waals surface area (Å²) < 4.78 is 14.3. The number of nitrogens with zero attached hydrogens (tertiary/aromatic N) is 1. The second kappa shape index (κ2) is 5.66. The Morgan fingerprint density at radius 3 is 2.90 bits per heavy atom. The van der Waals surface area contributed by atoms with E-state index in [4.69, 9.17) is 5.84 Å². The first-order chi connectivity index (χ1) is 9.76. The first kappa shape index (κ1) is 13.2. The van der Waals surface area contributed by atoms with Gasteiger partial charge in [-0.2, -0.15) is 0 Å². The van der Waals surface area contributed by atoms with Crippen molar-refractivity contribution in [3.63, 3.8) is 0 Å². The highest BCUT2D eigenvalue weighted by atomic mass is 32.1. The molecule has 5 heteroatoms. The van der Waals surface area contributed by atoms with E-state index in [0.29, 0.717) is 6.42 Å². The van der Waals surface area contributed by atoms with E-state index in [1.807, 2.05) is 24.3 Å². The highest BCUT2D eigenvalue weighted by molar-refractivity contribution is 7.19. The summed E-state index contributed by atoms with van der Waals surface area (Å²) in [5, 5.41) is 0.909. The van der Waals surface area contributed by atoms with E-state index in [1.54, 1.807) is 29.7 Å². The standard InChI is InChI=1S/C15H14FN3S/c16-11-4-5-14-10(7-11)8-15(20-14)13(19-17)9-12-3-1-2-6-18-12/h1-8,13,19H,9,17H2. The lowest BCUT2D eigenvalue weighted by Gasteiger charge is -2.13. The van der Waals surface area contributed by atoms with Crippen LogP contribution in [0.5, 0.6) is 0 Å². The Morgan fingerprint density at radius 1 is 1.25 bits per heavy atom. The van der Waals surface area contributed by atoms with Crippen molar-refractivity contribution in [2.45, 2.75) is 12.5 Å². The summed E-state index contributed by atoms with van der Waals surface area (Å²) in [6.07, 6.45) is 2.47. The van der Waals surface area contributed by atoms with Gasteiger partial charge in [0.1, 0.15) is 5.82 Å². The van der Waals surface area contributed by atoms with Crippen LogP contribution in [0.25, 0.3) is 10.1 Å². The molecule has 0 aliphatic carbocycles. The number of halogens is 1. The molecule has 3 rings (SSSR count). The van der Waals surface area contributed by atoms with Gasteiger partial charge >= 0.3 is 0 Å². The average Bonchev–Trinajstić information content (AvgIpc) is 2.88. The molecular formula is C15H14FN3S. The maximum atomic E-state index is 13.2. The zero-order chi connectivity index (χ0) is 13.9. The van der Waals surface area contributed by atoms with Gasteiger partial charge in [-0.15, -0.1) is 11.3 Å². The summed E-state index contributed by atoms with van der Waals surface area (Å²) in [6.45, 7) is 0. The van der Waals surface area contributed by atoms with E-state index in [-0.39, 0.29) is 11.9 Å². The molecule has 0 bridgehead atoms. The van der Waals surface area contributed by atoms with E-state index in [1.165, 1.54) is 6.07 Å². The van der Waals surface area contributed by atoms with E-state index in [2.05, 4.69) is 10.4 Å². The summed E-state index contributed by atoms with van der Waals surface area (Å²) in [4.78, 5) is 5.39. The topological polar surface area (TPSA) is 50.9 Å². The molecule has 1 unspecified atom stereocenters. The van der Waals surface area contributed by atoms with Crippen LogP contribution in [0.4, 0.5) is 4.39 Å². The number of hydrazine groups is 1. The number of nitrogens with two attached hydrogens (primary N) is 1. The number of aromatic nitrogens is 1. The van der Waals surface area contributed by atoms with Crippen molar-refractivity contribution < 1.29 is 4.39 Å². The fourth-order valence-corrected chi connectivity index (χ4v) is 3.28. The SMILES string of the molecule is NNC(Cc1ccccn1)c1cc2cc(F)ccc2s1. The molecule has 0 radical (unpaired) electrons. The Bertz CT molecular complexity index is 711. The van der Waals surface area contributed by atoms with Crippen LogP contribution in [0.2, 0.25) is 0 Å². The normalized spacial score (nSPS) is 12.7. The van der Waals surface area contributed by atoms with Gasteiger partial charge in [0.25, 0.3) is 0 Å². The predicted molar refractivity (Wildman–Crippen MR) is 79.8 cm³/mol. The molecule has 0 aliphatic heterocycles. The third-order valence-corrected chi connectivity index (χ3v) is 4.41. The number of hydrogen-bond donors (Lipinski definition) is 2. The summed E-state index contributed by atoms with van der Waals surface area (Å²) in [6, 6.07) is 12.6. The van der Waals surface area contributed by atoms with Crippen LogP contribution < -0.4 is 11.3 Å². The Hall–Kier alpha value is -1.82. The van der Waals surface area contributed by atoms with Crippen molar-refractivity contribution in [2.75, 3.05) is 0 Å². The van der Waals surface area contributed by atoms with Crippen LogP contribution in [-0.2, 0) is 6.42 Å². The van der Waals surface area contributed by atoms with Gasteiger partial charge in [0.2, 0.25) is 0 Å². The smallest absolute Gasteiger partial charge is 0.123 e. The van der Waals surface area contributed by atoms with Crippen molar-refractivity contribution in [3.8, 4) is 0 Å². The second-order valence-electron chi connectivity index (χ2n) is 4.58. The first-order valence-electron chi connectivity index (χ1n) is 6.31. The Balaban J connectivity index is 1.91. The molecule has 0 saturated heterocycles. The lowest BCUT2D eigenvalue weighted by Crippen LogP contribution is -2.29. The minimum atomic E-state index is -0.219. The third kappa shape index (κ3) is 2.70. The molecule has 0 spiro atoms. The van der Waals surface area contributed by atoms with Gasteiger partial charge in [-0.3, -0.25) is 16.3 Å². The van der Waals surface area contributed by atoms with Gasteiger partial charge in [-0.25, -0.2) is 4.39 Å². The molecule has 0 amide bonds. The molecule has 2 aromatic heterocycles. The lowest BCUT2D eigenvalue weighted by molar-refractivity contribution is 0.554. The minimum absolute atomic E-state index is 0.0228. The fraction of sp³-hybridized carbons (Fsp3) is 0.133. The molecule has 1 atom stereocenters. The zero-order valence-electron chi connectivity index (χ0n) is 10.7. The van der Waals surface area contributed by atoms with Crippen LogP contribution in [0.3, 0.4) is 0 Å². The number of thiophene rings is 1. The number of pyridine rings is 1. The molecule has 1 aromatic carbocycles. The molecule has 0 fully saturated rings. The largest absolute Gasteiger partial charge is 0.271 e. The van der Waals surface area contributed by atoms with Gasteiger partial charge in [0, 0.05) is 27.9 Å². The highest BCUT2D eigenvalue weighted by Gasteiger charge is 2.14. The van der Waals surface area contributed by atoms with Crippen molar-refractivity contribution >= 4 is 21.4 Å². The van der Waals surface area contributed by atoms with Crippen LogP contribution >= 0.6 is 11.3 Å². The van der Waals surface area contributed by atoms with E-state index in [9.17, 15) is 4.39 Å². The summed E-state index contributed by atoms with van der Waals surface area (Å²) in [5.41, 5.74) is 3.79. The summed E-state index contributed by atoms with van der Waals surface area (Å²) in [5.74, 6) is 5.44. The van der Waals surface area contributed by atoms with Crippen LogP contribution in [-0.4, -0.2) is 4.98 Å². The number of benzene rings is 1. The van der Waals surface area contributed by atoms with Gasteiger partial charge in [-0.1, -0.05) is 6.07 Å². The van der Waals surface area contributed by atoms with Crippen LogP contribution in [0.1, 0.15) is 16.6 Å². The van der Waals surface area contributed by atoms with Crippen molar-refractivity contribution in [3.05, 3.63) is 65.0 Å². The molecule has 2 heterocycles. The number of rotatable bonds is 4. The number of fused-ring (bicyclic) bond motifs is 1. The Labute approximate surface area is 120 Å². The lowest BCUT2D eigenvalue weighted by atomic mass is 10.1. The first-order valence-corrected chi connectivity index (χ1v) is 7.13.